The Bertz CT molecular complexity index is 766. The first-order valence-electron chi connectivity index (χ1n) is 6.70. The van der Waals surface area contributed by atoms with Crippen LogP contribution >= 0.6 is 0 Å². The second-order valence-corrected chi connectivity index (χ2v) is 5.18. The summed E-state index contributed by atoms with van der Waals surface area (Å²) in [5, 5.41) is 10.7. The molecule has 0 aliphatic carbocycles. The summed E-state index contributed by atoms with van der Waals surface area (Å²) in [6.07, 6.45) is -4.62. The molecule has 2 N–H and O–H groups in total. The van der Waals surface area contributed by atoms with Crippen LogP contribution in [0.15, 0.2) is 18.2 Å². The molecule has 0 unspecified atom stereocenters. The van der Waals surface area contributed by atoms with Crippen LogP contribution in [-0.2, 0) is 11.0 Å². The molecule has 0 saturated heterocycles. The highest BCUT2D eigenvalue weighted by atomic mass is 19.4. The summed E-state index contributed by atoms with van der Waals surface area (Å²) in [4.78, 5) is 25.8. The molecule has 0 bridgehead atoms. The Hall–Kier alpha value is -2.58. The largest absolute Gasteiger partial charge is 0.480 e. The lowest BCUT2D eigenvalue weighted by molar-refractivity contribution is -0.147. The zero-order valence-electron chi connectivity index (χ0n) is 12.3. The first-order valence-corrected chi connectivity index (χ1v) is 6.70. The van der Waals surface area contributed by atoms with Crippen molar-refractivity contribution in [3.63, 3.8) is 0 Å². The summed E-state index contributed by atoms with van der Waals surface area (Å²) < 4.78 is 40.3. The Morgan fingerprint density at radius 2 is 2.00 bits per heavy atom. The van der Waals surface area contributed by atoms with E-state index < -0.39 is 36.5 Å². The second-order valence-electron chi connectivity index (χ2n) is 5.18. The number of aromatic nitrogens is 2. The smallest absolute Gasteiger partial charge is 0.449 e. The van der Waals surface area contributed by atoms with Crippen molar-refractivity contribution in [2.45, 2.75) is 26.1 Å². The Morgan fingerprint density at radius 1 is 1.35 bits per heavy atom. The maximum absolute atomic E-state index is 13.1. The van der Waals surface area contributed by atoms with Gasteiger partial charge in [-0.05, 0) is 32.0 Å². The maximum Gasteiger partial charge on any atom is 0.449 e. The maximum atomic E-state index is 13.1. The van der Waals surface area contributed by atoms with E-state index in [2.05, 4.69) is 10.3 Å². The number of hydrogen-bond acceptors (Lipinski definition) is 3. The van der Waals surface area contributed by atoms with Crippen molar-refractivity contribution in [3.05, 3.63) is 29.6 Å². The van der Waals surface area contributed by atoms with Crippen LogP contribution in [0.4, 0.5) is 13.2 Å². The van der Waals surface area contributed by atoms with E-state index in [1.165, 1.54) is 18.2 Å². The number of rotatable bonds is 4. The van der Waals surface area contributed by atoms with Crippen molar-refractivity contribution >= 4 is 22.9 Å². The van der Waals surface area contributed by atoms with Crippen LogP contribution in [0, 0.1) is 0 Å². The number of carboxylic acid groups (broad SMARTS) is 1. The van der Waals surface area contributed by atoms with Gasteiger partial charge >= 0.3 is 12.1 Å². The number of alkyl halides is 3. The van der Waals surface area contributed by atoms with E-state index in [0.29, 0.717) is 0 Å². The Morgan fingerprint density at radius 3 is 2.52 bits per heavy atom. The Labute approximate surface area is 128 Å². The van der Waals surface area contributed by atoms with Crippen LogP contribution in [0.5, 0.6) is 0 Å². The van der Waals surface area contributed by atoms with Gasteiger partial charge in [0.25, 0.3) is 5.91 Å². The lowest BCUT2D eigenvalue weighted by atomic mass is 10.2. The molecule has 124 valence electrons. The molecule has 0 aliphatic heterocycles. The molecular formula is C14H14F3N3O3. The van der Waals surface area contributed by atoms with E-state index in [-0.39, 0.29) is 16.6 Å². The number of carbonyl (C=O) groups excluding carboxylic acids is 1. The average molecular weight is 329 g/mol. The number of nitrogens with one attached hydrogen (secondary N) is 1. The van der Waals surface area contributed by atoms with Crippen molar-refractivity contribution in [2.24, 2.45) is 0 Å². The molecule has 0 fully saturated rings. The normalized spacial score (nSPS) is 11.9. The van der Waals surface area contributed by atoms with Crippen molar-refractivity contribution in [3.8, 4) is 0 Å². The summed E-state index contributed by atoms with van der Waals surface area (Å²) in [6, 6.07) is 3.44. The SMILES string of the molecule is CC(C)n1c(C(F)(F)F)nc2cc(C(=O)NCC(=O)O)ccc21. The molecule has 1 amide bonds. The third-order valence-corrected chi connectivity index (χ3v) is 3.12. The van der Waals surface area contributed by atoms with E-state index in [1.54, 1.807) is 13.8 Å². The topological polar surface area (TPSA) is 84.2 Å². The van der Waals surface area contributed by atoms with Gasteiger partial charge in [-0.15, -0.1) is 0 Å². The molecule has 23 heavy (non-hydrogen) atoms. The van der Waals surface area contributed by atoms with Crippen molar-refractivity contribution < 1.29 is 27.9 Å². The van der Waals surface area contributed by atoms with E-state index in [1.807, 2.05) is 0 Å². The van der Waals surface area contributed by atoms with E-state index >= 15 is 0 Å². The van der Waals surface area contributed by atoms with E-state index in [0.717, 1.165) is 4.57 Å². The summed E-state index contributed by atoms with van der Waals surface area (Å²) in [6.45, 7) is 2.62. The number of nitrogens with zero attached hydrogens (tertiary/aromatic N) is 2. The molecule has 6 nitrogen and oxygen atoms in total. The van der Waals surface area contributed by atoms with E-state index in [9.17, 15) is 22.8 Å². The molecule has 0 aliphatic rings. The van der Waals surface area contributed by atoms with Crippen LogP contribution < -0.4 is 5.32 Å². The molecule has 0 saturated carbocycles. The number of benzene rings is 1. The van der Waals surface area contributed by atoms with Gasteiger partial charge in [0, 0.05) is 11.6 Å². The highest BCUT2D eigenvalue weighted by Gasteiger charge is 2.38. The van der Waals surface area contributed by atoms with Gasteiger partial charge in [-0.3, -0.25) is 9.59 Å². The zero-order valence-corrected chi connectivity index (χ0v) is 12.3. The number of amides is 1. The minimum Gasteiger partial charge on any atom is -0.480 e. The fourth-order valence-electron chi connectivity index (χ4n) is 2.22. The summed E-state index contributed by atoms with van der Waals surface area (Å²) >= 11 is 0. The van der Waals surface area contributed by atoms with Crippen LogP contribution in [0.1, 0.15) is 36.1 Å². The van der Waals surface area contributed by atoms with Gasteiger partial charge in [-0.2, -0.15) is 13.2 Å². The van der Waals surface area contributed by atoms with Gasteiger partial charge in [-0.1, -0.05) is 0 Å². The van der Waals surface area contributed by atoms with Crippen molar-refractivity contribution in [1.82, 2.24) is 14.9 Å². The molecule has 9 heteroatoms. The number of carbonyl (C=O) groups is 2. The molecule has 2 rings (SSSR count). The van der Waals surface area contributed by atoms with Gasteiger partial charge in [0.05, 0.1) is 11.0 Å². The fraction of sp³-hybridized carbons (Fsp3) is 0.357. The molecule has 0 atom stereocenters. The molecule has 2 aromatic rings. The van der Waals surface area contributed by atoms with Gasteiger partial charge in [-0.25, -0.2) is 4.98 Å². The number of carboxylic acids is 1. The minimum atomic E-state index is -4.62. The third-order valence-electron chi connectivity index (χ3n) is 3.12. The number of halogens is 3. The Kier molecular flexibility index (Phi) is 4.31. The van der Waals surface area contributed by atoms with E-state index in [4.69, 9.17) is 5.11 Å². The van der Waals surface area contributed by atoms with Gasteiger partial charge in [0.1, 0.15) is 6.54 Å². The predicted molar refractivity (Wildman–Crippen MR) is 75.1 cm³/mol. The monoisotopic (exact) mass is 329 g/mol. The van der Waals surface area contributed by atoms with Crippen LogP contribution in [0.25, 0.3) is 11.0 Å². The van der Waals surface area contributed by atoms with Crippen LogP contribution in [-0.4, -0.2) is 33.1 Å². The fourth-order valence-corrected chi connectivity index (χ4v) is 2.22. The molecular weight excluding hydrogens is 315 g/mol. The van der Waals surface area contributed by atoms with Crippen molar-refractivity contribution in [2.75, 3.05) is 6.54 Å². The molecule has 1 aromatic carbocycles. The zero-order chi connectivity index (χ0) is 17.4. The van der Waals surface area contributed by atoms with Crippen molar-refractivity contribution in [1.29, 1.82) is 0 Å². The lowest BCUT2D eigenvalue weighted by Crippen LogP contribution is -2.29. The first-order chi connectivity index (χ1) is 10.6. The lowest BCUT2D eigenvalue weighted by Gasteiger charge is -2.14. The number of fused-ring (bicyclic) bond motifs is 1. The molecule has 0 spiro atoms. The summed E-state index contributed by atoms with van der Waals surface area (Å²) in [5.74, 6) is -2.95. The third kappa shape index (κ3) is 3.43. The van der Waals surface area contributed by atoms with Gasteiger partial charge in [0.2, 0.25) is 5.82 Å². The molecule has 1 aromatic heterocycles. The second kappa shape index (κ2) is 5.90. The van der Waals surface area contributed by atoms with Crippen LogP contribution in [0.3, 0.4) is 0 Å². The summed E-state index contributed by atoms with van der Waals surface area (Å²) in [5.41, 5.74) is 0.317. The first kappa shape index (κ1) is 16.8. The summed E-state index contributed by atoms with van der Waals surface area (Å²) in [7, 11) is 0. The average Bonchev–Trinajstić information content (AvgIpc) is 2.83. The van der Waals surface area contributed by atoms with Gasteiger partial charge < -0.3 is 15.0 Å². The highest BCUT2D eigenvalue weighted by molar-refractivity contribution is 5.98. The van der Waals surface area contributed by atoms with Crippen LogP contribution in [0.2, 0.25) is 0 Å². The standard InChI is InChI=1S/C14H14F3N3O3/c1-7(2)20-10-4-3-8(12(23)18-6-11(21)22)5-9(10)19-13(20)14(15,16)17/h3-5,7H,6H2,1-2H3,(H,18,23)(H,21,22). The molecule has 1 heterocycles. The minimum absolute atomic E-state index is 0.0222. The van der Waals surface area contributed by atoms with Gasteiger partial charge in [0.15, 0.2) is 0 Å². The number of hydrogen-bond donors (Lipinski definition) is 2. The number of aliphatic carboxylic acids is 1. The quantitative estimate of drug-likeness (QED) is 0.902. The number of imidazole rings is 1. The molecule has 0 radical (unpaired) electrons. The Balaban J connectivity index is 2.49. The predicted octanol–water partition coefficient (Wildman–Crippen LogP) is 2.45. The highest BCUT2D eigenvalue weighted by Crippen LogP contribution is 2.33.